The normalized spacial score (nSPS) is 15.4. The van der Waals surface area contributed by atoms with Gasteiger partial charge in [-0.1, -0.05) is 30.3 Å². The number of rotatable bonds is 6. The highest BCUT2D eigenvalue weighted by molar-refractivity contribution is 5.80. The lowest BCUT2D eigenvalue weighted by molar-refractivity contribution is 0.370. The van der Waals surface area contributed by atoms with E-state index in [1.165, 1.54) is 5.69 Å². The molecule has 0 unspecified atom stereocenters. The third kappa shape index (κ3) is 5.09. The topological polar surface area (TPSA) is 69.1 Å². The van der Waals surface area contributed by atoms with Gasteiger partial charge in [-0.25, -0.2) is 4.99 Å². The minimum absolute atomic E-state index is 0.153. The molecule has 2 aromatic carbocycles. The van der Waals surface area contributed by atoms with E-state index in [1.54, 1.807) is 13.2 Å². The van der Waals surface area contributed by atoms with Gasteiger partial charge in [-0.05, 0) is 38.0 Å². The SMILES string of the molecule is CCNC(=NCc1cccc(OC)c1O)NC1CCN(c2ccccc2)CC1. The fraction of sp³-hybridized carbons (Fsp3) is 0.409. The van der Waals surface area contributed by atoms with E-state index in [0.29, 0.717) is 18.3 Å². The van der Waals surface area contributed by atoms with Gasteiger partial charge in [-0.15, -0.1) is 0 Å². The summed E-state index contributed by atoms with van der Waals surface area (Å²) in [6, 6.07) is 16.4. The Hall–Kier alpha value is -2.89. The monoisotopic (exact) mass is 382 g/mol. The summed E-state index contributed by atoms with van der Waals surface area (Å²) >= 11 is 0. The van der Waals surface area contributed by atoms with Gasteiger partial charge in [0, 0.05) is 36.9 Å². The molecule has 6 heteroatoms. The quantitative estimate of drug-likeness (QED) is 0.529. The van der Waals surface area contributed by atoms with Gasteiger partial charge >= 0.3 is 0 Å². The van der Waals surface area contributed by atoms with Gasteiger partial charge in [0.2, 0.25) is 0 Å². The van der Waals surface area contributed by atoms with Crippen molar-refractivity contribution in [2.75, 3.05) is 31.6 Å². The van der Waals surface area contributed by atoms with Crippen LogP contribution in [0.2, 0.25) is 0 Å². The van der Waals surface area contributed by atoms with Crippen molar-refractivity contribution >= 4 is 11.6 Å². The number of methoxy groups -OCH3 is 1. The van der Waals surface area contributed by atoms with Crippen LogP contribution in [0, 0.1) is 0 Å². The Morgan fingerprint density at radius 2 is 1.89 bits per heavy atom. The number of piperidine rings is 1. The molecule has 150 valence electrons. The maximum Gasteiger partial charge on any atom is 0.191 e. The molecule has 1 heterocycles. The first-order chi connectivity index (χ1) is 13.7. The summed E-state index contributed by atoms with van der Waals surface area (Å²) in [4.78, 5) is 7.08. The zero-order chi connectivity index (χ0) is 19.8. The molecule has 6 nitrogen and oxygen atoms in total. The van der Waals surface area contributed by atoms with E-state index < -0.39 is 0 Å². The van der Waals surface area contributed by atoms with Crippen molar-refractivity contribution < 1.29 is 9.84 Å². The molecule has 1 fully saturated rings. The minimum Gasteiger partial charge on any atom is -0.504 e. The smallest absolute Gasteiger partial charge is 0.191 e. The fourth-order valence-corrected chi connectivity index (χ4v) is 3.46. The summed E-state index contributed by atoms with van der Waals surface area (Å²) in [6.45, 7) is 5.29. The van der Waals surface area contributed by atoms with E-state index in [9.17, 15) is 5.11 Å². The summed E-state index contributed by atoms with van der Waals surface area (Å²) in [5, 5.41) is 17.1. The molecule has 0 spiro atoms. The van der Waals surface area contributed by atoms with E-state index in [2.05, 4.69) is 57.8 Å². The number of phenols is 1. The van der Waals surface area contributed by atoms with E-state index in [4.69, 9.17) is 4.74 Å². The number of anilines is 1. The second kappa shape index (κ2) is 9.88. The minimum atomic E-state index is 0.153. The average molecular weight is 383 g/mol. The van der Waals surface area contributed by atoms with Gasteiger partial charge in [0.05, 0.1) is 13.7 Å². The lowest BCUT2D eigenvalue weighted by Crippen LogP contribution is -2.48. The summed E-state index contributed by atoms with van der Waals surface area (Å²) in [7, 11) is 1.55. The molecule has 0 atom stereocenters. The first-order valence-corrected chi connectivity index (χ1v) is 9.91. The van der Waals surface area contributed by atoms with Crippen LogP contribution in [-0.2, 0) is 6.54 Å². The number of nitrogens with one attached hydrogen (secondary N) is 2. The molecule has 0 aromatic heterocycles. The van der Waals surface area contributed by atoms with Crippen molar-refractivity contribution in [3.05, 3.63) is 54.1 Å². The summed E-state index contributed by atoms with van der Waals surface area (Å²) in [5.74, 6) is 1.41. The first kappa shape index (κ1) is 19.9. The van der Waals surface area contributed by atoms with E-state index in [1.807, 2.05) is 12.1 Å². The Morgan fingerprint density at radius 3 is 2.57 bits per heavy atom. The molecule has 0 amide bonds. The lowest BCUT2D eigenvalue weighted by atomic mass is 10.0. The Kier molecular flexibility index (Phi) is 7.00. The van der Waals surface area contributed by atoms with Crippen LogP contribution < -0.4 is 20.3 Å². The molecule has 0 bridgehead atoms. The van der Waals surface area contributed by atoms with Crippen molar-refractivity contribution in [3.63, 3.8) is 0 Å². The number of guanidine groups is 1. The molecule has 1 aliphatic rings. The average Bonchev–Trinajstić information content (AvgIpc) is 2.74. The van der Waals surface area contributed by atoms with Gasteiger partial charge in [-0.2, -0.15) is 0 Å². The van der Waals surface area contributed by atoms with Gasteiger partial charge in [-0.3, -0.25) is 0 Å². The van der Waals surface area contributed by atoms with Crippen LogP contribution in [0.3, 0.4) is 0 Å². The predicted molar refractivity (Wildman–Crippen MR) is 114 cm³/mol. The third-order valence-electron chi connectivity index (χ3n) is 5.01. The largest absolute Gasteiger partial charge is 0.504 e. The Labute approximate surface area is 167 Å². The van der Waals surface area contributed by atoms with Crippen LogP contribution in [0.5, 0.6) is 11.5 Å². The summed E-state index contributed by atoms with van der Waals surface area (Å²) < 4.78 is 5.17. The molecular formula is C22H30N4O2. The second-order valence-corrected chi connectivity index (χ2v) is 6.90. The zero-order valence-corrected chi connectivity index (χ0v) is 16.7. The number of para-hydroxylation sites is 2. The maximum absolute atomic E-state index is 10.2. The molecule has 1 aliphatic heterocycles. The van der Waals surface area contributed by atoms with Crippen LogP contribution in [0.1, 0.15) is 25.3 Å². The number of hydrogen-bond acceptors (Lipinski definition) is 4. The highest BCUT2D eigenvalue weighted by Crippen LogP contribution is 2.29. The van der Waals surface area contributed by atoms with Crippen LogP contribution in [0.25, 0.3) is 0 Å². The number of hydrogen-bond donors (Lipinski definition) is 3. The molecule has 0 radical (unpaired) electrons. The van der Waals surface area contributed by atoms with Crippen molar-refractivity contribution in [1.82, 2.24) is 10.6 Å². The third-order valence-corrected chi connectivity index (χ3v) is 5.01. The zero-order valence-electron chi connectivity index (χ0n) is 16.7. The predicted octanol–water partition coefficient (Wildman–Crippen LogP) is 3.12. The van der Waals surface area contributed by atoms with Crippen molar-refractivity contribution in [2.24, 2.45) is 4.99 Å². The molecule has 1 saturated heterocycles. The Balaban J connectivity index is 1.58. The molecular weight excluding hydrogens is 352 g/mol. The van der Waals surface area contributed by atoms with Crippen LogP contribution in [-0.4, -0.2) is 43.9 Å². The van der Waals surface area contributed by atoms with Gasteiger partial charge in [0.1, 0.15) is 0 Å². The van der Waals surface area contributed by atoms with Crippen LogP contribution in [0.4, 0.5) is 5.69 Å². The highest BCUT2D eigenvalue weighted by atomic mass is 16.5. The van der Waals surface area contributed by atoms with Gasteiger partial charge in [0.15, 0.2) is 17.5 Å². The standard InChI is InChI=1S/C22H30N4O2/c1-3-23-22(24-16-17-8-7-11-20(28-2)21(17)27)25-18-12-14-26(15-13-18)19-9-5-4-6-10-19/h4-11,18,27H,3,12-16H2,1-2H3,(H2,23,24,25). The number of aliphatic imine (C=N–C) groups is 1. The molecule has 0 saturated carbocycles. The van der Waals surface area contributed by atoms with Crippen LogP contribution >= 0.6 is 0 Å². The molecule has 28 heavy (non-hydrogen) atoms. The number of benzene rings is 2. The summed E-state index contributed by atoms with van der Waals surface area (Å²) in [6.07, 6.45) is 2.12. The first-order valence-electron chi connectivity index (χ1n) is 9.91. The number of nitrogens with zero attached hydrogens (tertiary/aromatic N) is 2. The number of ether oxygens (including phenoxy) is 1. The fourth-order valence-electron chi connectivity index (χ4n) is 3.46. The second-order valence-electron chi connectivity index (χ2n) is 6.90. The van der Waals surface area contributed by atoms with E-state index in [0.717, 1.165) is 44.0 Å². The Morgan fingerprint density at radius 1 is 1.14 bits per heavy atom. The Bertz CT molecular complexity index is 771. The van der Waals surface area contributed by atoms with Crippen molar-refractivity contribution in [3.8, 4) is 11.5 Å². The van der Waals surface area contributed by atoms with Crippen molar-refractivity contribution in [2.45, 2.75) is 32.4 Å². The number of phenolic OH excluding ortho intramolecular Hbond substituents is 1. The van der Waals surface area contributed by atoms with E-state index in [-0.39, 0.29) is 5.75 Å². The summed E-state index contributed by atoms with van der Waals surface area (Å²) in [5.41, 5.74) is 2.03. The maximum atomic E-state index is 10.2. The van der Waals surface area contributed by atoms with E-state index >= 15 is 0 Å². The number of aromatic hydroxyl groups is 1. The van der Waals surface area contributed by atoms with Crippen molar-refractivity contribution in [1.29, 1.82) is 0 Å². The molecule has 3 rings (SSSR count). The highest BCUT2D eigenvalue weighted by Gasteiger charge is 2.20. The molecule has 0 aliphatic carbocycles. The molecule has 2 aromatic rings. The van der Waals surface area contributed by atoms with Gasteiger partial charge in [0.25, 0.3) is 0 Å². The van der Waals surface area contributed by atoms with Crippen LogP contribution in [0.15, 0.2) is 53.5 Å². The lowest BCUT2D eigenvalue weighted by Gasteiger charge is -2.34. The van der Waals surface area contributed by atoms with Gasteiger partial charge < -0.3 is 25.4 Å². The molecule has 3 N–H and O–H groups in total.